The maximum atomic E-state index is 12.7. The average molecular weight is 418 g/mol. The first-order valence-electron chi connectivity index (χ1n) is 10.1. The summed E-state index contributed by atoms with van der Waals surface area (Å²) in [5.41, 5.74) is 3.62. The number of nitrogens with zero attached hydrogens (tertiary/aromatic N) is 2. The number of hydrogen-bond acceptors (Lipinski definition) is 4. The van der Waals surface area contributed by atoms with Crippen molar-refractivity contribution in [2.45, 2.75) is 0 Å². The Labute approximate surface area is 184 Å². The molecular formula is C26H18N4O2. The highest BCUT2D eigenvalue weighted by Crippen LogP contribution is 2.23. The summed E-state index contributed by atoms with van der Waals surface area (Å²) in [7, 11) is 0. The van der Waals surface area contributed by atoms with Gasteiger partial charge in [-0.1, -0.05) is 36.4 Å². The molecule has 0 aliphatic rings. The van der Waals surface area contributed by atoms with E-state index in [1.54, 1.807) is 36.7 Å². The first-order chi connectivity index (χ1) is 15.7. The van der Waals surface area contributed by atoms with Crippen LogP contribution >= 0.6 is 0 Å². The van der Waals surface area contributed by atoms with Gasteiger partial charge in [-0.05, 0) is 48.5 Å². The molecule has 0 saturated carbocycles. The Morgan fingerprint density at radius 1 is 0.531 bits per heavy atom. The first kappa shape index (κ1) is 19.4. The molecule has 5 rings (SSSR count). The summed E-state index contributed by atoms with van der Waals surface area (Å²) in [5, 5.41) is 7.69. The van der Waals surface area contributed by atoms with E-state index in [2.05, 4.69) is 20.6 Å². The molecule has 5 aromatic rings. The van der Waals surface area contributed by atoms with Crippen molar-refractivity contribution in [2.75, 3.05) is 10.6 Å². The Morgan fingerprint density at radius 3 is 1.38 bits per heavy atom. The molecule has 0 saturated heterocycles. The van der Waals surface area contributed by atoms with Crippen LogP contribution in [0.25, 0.3) is 21.8 Å². The summed E-state index contributed by atoms with van der Waals surface area (Å²) in [5.74, 6) is -0.540. The summed E-state index contributed by atoms with van der Waals surface area (Å²) < 4.78 is 0. The van der Waals surface area contributed by atoms with Gasteiger partial charge in [-0.15, -0.1) is 0 Å². The van der Waals surface area contributed by atoms with Crippen molar-refractivity contribution in [2.24, 2.45) is 0 Å². The van der Waals surface area contributed by atoms with E-state index in [4.69, 9.17) is 0 Å². The highest BCUT2D eigenvalue weighted by Gasteiger charge is 2.12. The third-order valence-corrected chi connectivity index (χ3v) is 5.17. The summed E-state index contributed by atoms with van der Waals surface area (Å²) in [4.78, 5) is 34.2. The molecule has 2 amide bonds. The number of aromatic nitrogens is 2. The maximum Gasteiger partial charge on any atom is 0.255 e. The molecule has 2 heterocycles. The standard InChI is InChI=1S/C26H18N4O2/c31-25(29-21-9-1-5-17-7-3-15-27-23(17)21)19-11-13-20(14-12-19)26(32)30-22-10-2-6-18-8-4-16-28-24(18)22/h1-16H,(H,29,31)(H,30,32). The van der Waals surface area contributed by atoms with Gasteiger partial charge in [-0.25, -0.2) is 0 Å². The van der Waals surface area contributed by atoms with E-state index in [9.17, 15) is 9.59 Å². The smallest absolute Gasteiger partial charge is 0.255 e. The van der Waals surface area contributed by atoms with Crippen LogP contribution in [0.1, 0.15) is 20.7 Å². The van der Waals surface area contributed by atoms with Gasteiger partial charge in [0.05, 0.1) is 22.4 Å². The topological polar surface area (TPSA) is 84.0 Å². The number of rotatable bonds is 4. The number of benzene rings is 3. The Bertz CT molecular complexity index is 1340. The lowest BCUT2D eigenvalue weighted by molar-refractivity contribution is 0.101. The predicted octanol–water partition coefficient (Wildman–Crippen LogP) is 5.29. The number of anilines is 2. The molecule has 2 aromatic heterocycles. The van der Waals surface area contributed by atoms with Crippen LogP contribution in [0.15, 0.2) is 97.3 Å². The van der Waals surface area contributed by atoms with Gasteiger partial charge in [0.15, 0.2) is 0 Å². The van der Waals surface area contributed by atoms with Gasteiger partial charge in [0.2, 0.25) is 0 Å². The third kappa shape index (κ3) is 3.77. The van der Waals surface area contributed by atoms with Crippen LogP contribution in [-0.2, 0) is 0 Å². The Kier molecular flexibility index (Phi) is 5.01. The van der Waals surface area contributed by atoms with Crippen molar-refractivity contribution < 1.29 is 9.59 Å². The van der Waals surface area contributed by atoms with Gasteiger partial charge in [0, 0.05) is 34.3 Å². The molecule has 0 aliphatic heterocycles. The van der Waals surface area contributed by atoms with Crippen molar-refractivity contribution in [1.82, 2.24) is 9.97 Å². The minimum Gasteiger partial charge on any atom is -0.320 e. The second kappa shape index (κ2) is 8.28. The molecule has 0 atom stereocenters. The zero-order chi connectivity index (χ0) is 21.9. The number of fused-ring (bicyclic) bond motifs is 2. The zero-order valence-corrected chi connectivity index (χ0v) is 16.9. The molecule has 0 aliphatic carbocycles. The maximum absolute atomic E-state index is 12.7. The van der Waals surface area contributed by atoms with E-state index in [0.717, 1.165) is 21.8 Å². The van der Waals surface area contributed by atoms with Crippen LogP contribution in [0.2, 0.25) is 0 Å². The number of nitrogens with one attached hydrogen (secondary N) is 2. The van der Waals surface area contributed by atoms with E-state index in [0.29, 0.717) is 22.5 Å². The summed E-state index contributed by atoms with van der Waals surface area (Å²) in [6.07, 6.45) is 3.38. The number of pyridine rings is 2. The van der Waals surface area contributed by atoms with Gasteiger partial charge in [0.1, 0.15) is 0 Å². The molecule has 0 radical (unpaired) electrons. The average Bonchev–Trinajstić information content (AvgIpc) is 2.84. The fourth-order valence-corrected chi connectivity index (χ4v) is 3.57. The van der Waals surface area contributed by atoms with Gasteiger partial charge in [-0.3, -0.25) is 19.6 Å². The normalized spacial score (nSPS) is 10.8. The SMILES string of the molecule is O=C(Nc1cccc2cccnc12)c1ccc(C(=O)Nc2cccc3cccnc23)cc1. The highest BCUT2D eigenvalue weighted by molar-refractivity contribution is 6.10. The van der Waals surface area contributed by atoms with Gasteiger partial charge in [-0.2, -0.15) is 0 Å². The summed E-state index contributed by atoms with van der Waals surface area (Å²) >= 11 is 0. The van der Waals surface area contributed by atoms with E-state index in [1.807, 2.05) is 60.7 Å². The third-order valence-electron chi connectivity index (χ3n) is 5.17. The number of para-hydroxylation sites is 2. The van der Waals surface area contributed by atoms with E-state index < -0.39 is 0 Å². The van der Waals surface area contributed by atoms with Crippen molar-refractivity contribution in [1.29, 1.82) is 0 Å². The number of hydrogen-bond donors (Lipinski definition) is 2. The molecule has 0 spiro atoms. The molecule has 2 N–H and O–H groups in total. The van der Waals surface area contributed by atoms with Crippen molar-refractivity contribution >= 4 is 45.0 Å². The van der Waals surface area contributed by atoms with Crippen LogP contribution in [0.5, 0.6) is 0 Å². The van der Waals surface area contributed by atoms with Crippen LogP contribution in [0.4, 0.5) is 11.4 Å². The van der Waals surface area contributed by atoms with Gasteiger partial charge < -0.3 is 10.6 Å². The minimum atomic E-state index is -0.270. The number of carbonyl (C=O) groups excluding carboxylic acids is 2. The molecule has 6 nitrogen and oxygen atoms in total. The van der Waals surface area contributed by atoms with E-state index in [-0.39, 0.29) is 11.8 Å². The molecule has 3 aromatic carbocycles. The lowest BCUT2D eigenvalue weighted by Crippen LogP contribution is -2.15. The fourth-order valence-electron chi connectivity index (χ4n) is 3.57. The van der Waals surface area contributed by atoms with Gasteiger partial charge in [0.25, 0.3) is 11.8 Å². The Balaban J connectivity index is 1.33. The summed E-state index contributed by atoms with van der Waals surface area (Å²) in [6.45, 7) is 0. The predicted molar refractivity (Wildman–Crippen MR) is 126 cm³/mol. The number of carbonyl (C=O) groups is 2. The van der Waals surface area contributed by atoms with Crippen LogP contribution in [0.3, 0.4) is 0 Å². The summed E-state index contributed by atoms with van der Waals surface area (Å²) in [6, 6.07) is 25.4. The van der Waals surface area contributed by atoms with Crippen LogP contribution in [-0.4, -0.2) is 21.8 Å². The number of amides is 2. The second-order valence-corrected chi connectivity index (χ2v) is 7.25. The monoisotopic (exact) mass is 418 g/mol. The molecule has 6 heteroatoms. The van der Waals surface area contributed by atoms with Crippen molar-refractivity contribution in [3.8, 4) is 0 Å². The molecule has 0 fully saturated rings. The fraction of sp³-hybridized carbons (Fsp3) is 0. The Hall–Kier alpha value is -4.58. The highest BCUT2D eigenvalue weighted by atomic mass is 16.2. The minimum absolute atomic E-state index is 0.270. The molecule has 0 unspecified atom stereocenters. The zero-order valence-electron chi connectivity index (χ0n) is 16.9. The first-order valence-corrected chi connectivity index (χ1v) is 10.1. The van der Waals surface area contributed by atoms with Crippen molar-refractivity contribution in [3.63, 3.8) is 0 Å². The molecule has 32 heavy (non-hydrogen) atoms. The molecular weight excluding hydrogens is 400 g/mol. The molecule has 154 valence electrons. The second-order valence-electron chi connectivity index (χ2n) is 7.25. The lowest BCUT2D eigenvalue weighted by atomic mass is 10.1. The van der Waals surface area contributed by atoms with E-state index >= 15 is 0 Å². The molecule has 0 bridgehead atoms. The Morgan fingerprint density at radius 2 is 0.938 bits per heavy atom. The van der Waals surface area contributed by atoms with Crippen LogP contribution < -0.4 is 10.6 Å². The quantitative estimate of drug-likeness (QED) is 0.415. The largest absolute Gasteiger partial charge is 0.320 e. The van der Waals surface area contributed by atoms with Gasteiger partial charge >= 0.3 is 0 Å². The van der Waals surface area contributed by atoms with Crippen LogP contribution in [0, 0.1) is 0 Å². The van der Waals surface area contributed by atoms with E-state index in [1.165, 1.54) is 0 Å². The lowest BCUT2D eigenvalue weighted by Gasteiger charge is -2.10. The van der Waals surface area contributed by atoms with Crippen molar-refractivity contribution in [3.05, 3.63) is 108 Å².